The quantitative estimate of drug-likeness (QED) is 0.656. The zero-order valence-electron chi connectivity index (χ0n) is 19.4. The van der Waals surface area contributed by atoms with Gasteiger partial charge in [0, 0.05) is 19.1 Å². The van der Waals surface area contributed by atoms with Crippen molar-refractivity contribution in [2.75, 3.05) is 30.3 Å². The minimum atomic E-state index is -0.582. The summed E-state index contributed by atoms with van der Waals surface area (Å²) in [7, 11) is 0. The number of nitrogens with zero attached hydrogens (tertiary/aromatic N) is 3. The van der Waals surface area contributed by atoms with Crippen LogP contribution in [0.25, 0.3) is 0 Å². The number of unbranched alkanes of at least 4 members (excludes halogenated alkanes) is 1. The van der Waals surface area contributed by atoms with Gasteiger partial charge >= 0.3 is 5.69 Å². The van der Waals surface area contributed by atoms with Crippen LogP contribution in [0, 0.1) is 11.8 Å². The third-order valence-electron chi connectivity index (χ3n) is 7.05. The first-order valence-corrected chi connectivity index (χ1v) is 12.1. The van der Waals surface area contributed by atoms with E-state index in [1.807, 2.05) is 13.8 Å². The second kappa shape index (κ2) is 10.5. The molecule has 1 saturated carbocycles. The highest BCUT2D eigenvalue weighted by Gasteiger charge is 2.39. The third-order valence-corrected chi connectivity index (χ3v) is 7.05. The fraction of sp³-hybridized carbons (Fsp3) is 0.783. The molecule has 0 unspecified atom stereocenters. The molecule has 2 aliphatic rings. The molecule has 2 heterocycles. The van der Waals surface area contributed by atoms with E-state index < -0.39 is 11.2 Å². The third kappa shape index (κ3) is 5.05. The number of likely N-dealkylation sites (tertiary alicyclic amines) is 1. The second-order valence-electron chi connectivity index (χ2n) is 9.32. The summed E-state index contributed by atoms with van der Waals surface area (Å²) >= 11 is 0. The first-order chi connectivity index (χ1) is 14.9. The summed E-state index contributed by atoms with van der Waals surface area (Å²) in [5.41, 5.74) is 5.30. The van der Waals surface area contributed by atoms with Crippen molar-refractivity contribution in [2.45, 2.75) is 84.7 Å². The maximum atomic E-state index is 13.5. The van der Waals surface area contributed by atoms with Crippen LogP contribution in [0.2, 0.25) is 0 Å². The van der Waals surface area contributed by atoms with Crippen molar-refractivity contribution in [3.8, 4) is 0 Å². The van der Waals surface area contributed by atoms with E-state index in [4.69, 9.17) is 5.73 Å². The van der Waals surface area contributed by atoms with Gasteiger partial charge in [0.25, 0.3) is 5.56 Å². The molecule has 1 aromatic heterocycles. The molecule has 0 spiro atoms. The van der Waals surface area contributed by atoms with Gasteiger partial charge in [-0.1, -0.05) is 33.6 Å². The number of piperidine rings is 1. The summed E-state index contributed by atoms with van der Waals surface area (Å²) in [4.78, 5) is 44.8. The number of fused-ring (bicyclic) bond motifs is 1. The molecule has 1 aliphatic carbocycles. The maximum absolute atomic E-state index is 13.5. The molecule has 3 N–H and O–H groups in total. The van der Waals surface area contributed by atoms with Crippen molar-refractivity contribution in [1.82, 2.24) is 14.5 Å². The Morgan fingerprint density at radius 1 is 1.16 bits per heavy atom. The van der Waals surface area contributed by atoms with Gasteiger partial charge in [-0.3, -0.25) is 24.0 Å². The number of carbonyl (C=O) groups excluding carboxylic acids is 1. The molecule has 0 bridgehead atoms. The molecule has 3 atom stereocenters. The molecule has 1 saturated heterocycles. The number of rotatable bonds is 8. The number of nitrogens with two attached hydrogens (primary N) is 1. The molecule has 2 fully saturated rings. The first-order valence-electron chi connectivity index (χ1n) is 12.1. The second-order valence-corrected chi connectivity index (χ2v) is 9.32. The van der Waals surface area contributed by atoms with E-state index in [1.165, 1.54) is 35.2 Å². The highest BCUT2D eigenvalue weighted by molar-refractivity contribution is 5.96. The normalized spacial score (nSPS) is 24.0. The predicted octanol–water partition coefficient (Wildman–Crippen LogP) is 2.56. The number of aromatic amines is 1. The van der Waals surface area contributed by atoms with Gasteiger partial charge in [-0.05, 0) is 56.9 Å². The van der Waals surface area contributed by atoms with E-state index in [9.17, 15) is 14.4 Å². The number of H-pyrrole nitrogens is 1. The number of carbonyl (C=O) groups is 1. The molecule has 1 aliphatic heterocycles. The van der Waals surface area contributed by atoms with Crippen molar-refractivity contribution in [3.05, 3.63) is 20.8 Å². The average molecular weight is 434 g/mol. The van der Waals surface area contributed by atoms with Gasteiger partial charge in [0.1, 0.15) is 5.82 Å². The van der Waals surface area contributed by atoms with E-state index in [0.29, 0.717) is 43.9 Å². The van der Waals surface area contributed by atoms with Gasteiger partial charge in [-0.25, -0.2) is 4.79 Å². The maximum Gasteiger partial charge on any atom is 0.330 e. The number of hydrogen-bond acceptors (Lipinski definition) is 5. The van der Waals surface area contributed by atoms with Crippen LogP contribution < -0.4 is 21.9 Å². The van der Waals surface area contributed by atoms with Gasteiger partial charge in [-0.2, -0.15) is 0 Å². The number of amides is 1. The van der Waals surface area contributed by atoms with Gasteiger partial charge in [0.15, 0.2) is 5.69 Å². The SMILES string of the molecule is CCCCN(C(=O)CN1CCC[C@@H]2CCC[C@@H](C)[C@@H]21)c1c(N)n(CCC)c(=O)[nH]c1=O. The zero-order valence-corrected chi connectivity index (χ0v) is 19.4. The van der Waals surface area contributed by atoms with Crippen LogP contribution in [0.3, 0.4) is 0 Å². The lowest BCUT2D eigenvalue weighted by Gasteiger charge is -2.47. The average Bonchev–Trinajstić information content (AvgIpc) is 2.73. The summed E-state index contributed by atoms with van der Waals surface area (Å²) < 4.78 is 1.36. The Morgan fingerprint density at radius 3 is 2.61 bits per heavy atom. The molecule has 0 radical (unpaired) electrons. The monoisotopic (exact) mass is 433 g/mol. The van der Waals surface area contributed by atoms with Crippen LogP contribution >= 0.6 is 0 Å². The molecule has 8 heteroatoms. The molecule has 8 nitrogen and oxygen atoms in total. The molecule has 1 aromatic rings. The van der Waals surface area contributed by atoms with Crippen LogP contribution in [-0.2, 0) is 11.3 Å². The Hall–Kier alpha value is -2.09. The van der Waals surface area contributed by atoms with Crippen LogP contribution in [0.4, 0.5) is 11.5 Å². The van der Waals surface area contributed by atoms with Crippen molar-refractivity contribution < 1.29 is 4.79 Å². The summed E-state index contributed by atoms with van der Waals surface area (Å²) in [6.45, 7) is 8.32. The number of nitrogen functional groups attached to an aromatic ring is 1. The number of aromatic nitrogens is 2. The highest BCUT2D eigenvalue weighted by atomic mass is 16.2. The Kier molecular flexibility index (Phi) is 7.97. The van der Waals surface area contributed by atoms with Crippen molar-refractivity contribution in [2.24, 2.45) is 11.8 Å². The fourth-order valence-electron chi connectivity index (χ4n) is 5.59. The van der Waals surface area contributed by atoms with E-state index >= 15 is 0 Å². The van der Waals surface area contributed by atoms with Gasteiger partial charge in [0.05, 0.1) is 6.54 Å². The standard InChI is InChI=1S/C23H39N5O3/c1-4-6-14-27(20-21(24)28(12-5-2)23(31)25-22(20)30)18(29)15-26-13-8-11-17-10-7-9-16(3)19(17)26/h16-17,19H,4-15,24H2,1-3H3,(H,25,30,31)/t16-,17+,19+/m1/s1. The topological polar surface area (TPSA) is 104 Å². The van der Waals surface area contributed by atoms with Crippen LogP contribution in [0.5, 0.6) is 0 Å². The summed E-state index contributed by atoms with van der Waals surface area (Å²) in [6.07, 6.45) is 8.44. The summed E-state index contributed by atoms with van der Waals surface area (Å²) in [5.74, 6) is 1.22. The molecular formula is C23H39N5O3. The fourth-order valence-corrected chi connectivity index (χ4v) is 5.59. The van der Waals surface area contributed by atoms with Crippen molar-refractivity contribution >= 4 is 17.4 Å². The molecule has 174 valence electrons. The molecule has 3 rings (SSSR count). The van der Waals surface area contributed by atoms with Gasteiger partial charge in [0.2, 0.25) is 5.91 Å². The lowest BCUT2D eigenvalue weighted by atomic mass is 9.73. The Balaban J connectivity index is 1.91. The number of hydrogen-bond donors (Lipinski definition) is 2. The summed E-state index contributed by atoms with van der Waals surface area (Å²) in [6, 6.07) is 0.434. The Bertz CT molecular complexity index is 875. The lowest BCUT2D eigenvalue weighted by Crippen LogP contribution is -2.54. The first kappa shape index (κ1) is 23.6. The minimum Gasteiger partial charge on any atom is -0.383 e. The molecule has 31 heavy (non-hydrogen) atoms. The Labute approximate surface area is 184 Å². The van der Waals surface area contributed by atoms with Gasteiger partial charge < -0.3 is 10.6 Å². The minimum absolute atomic E-state index is 0.0857. The van der Waals surface area contributed by atoms with E-state index in [2.05, 4.69) is 16.8 Å². The van der Waals surface area contributed by atoms with Crippen LogP contribution in [-0.4, -0.2) is 46.0 Å². The smallest absolute Gasteiger partial charge is 0.330 e. The van der Waals surface area contributed by atoms with E-state index in [1.54, 1.807) is 0 Å². The van der Waals surface area contributed by atoms with E-state index in [-0.39, 0.29) is 17.4 Å². The highest BCUT2D eigenvalue weighted by Crippen LogP contribution is 2.38. The van der Waals surface area contributed by atoms with Crippen molar-refractivity contribution in [1.29, 1.82) is 0 Å². The van der Waals surface area contributed by atoms with Crippen LogP contribution in [0.1, 0.15) is 72.1 Å². The van der Waals surface area contributed by atoms with Crippen LogP contribution in [0.15, 0.2) is 9.59 Å². The Morgan fingerprint density at radius 2 is 1.90 bits per heavy atom. The molecule has 0 aromatic carbocycles. The zero-order chi connectivity index (χ0) is 22.5. The van der Waals surface area contributed by atoms with Gasteiger partial charge in [-0.15, -0.1) is 0 Å². The largest absolute Gasteiger partial charge is 0.383 e. The molecule has 1 amide bonds. The number of anilines is 2. The molecular weight excluding hydrogens is 394 g/mol. The predicted molar refractivity (Wildman–Crippen MR) is 124 cm³/mol. The van der Waals surface area contributed by atoms with Crippen molar-refractivity contribution in [3.63, 3.8) is 0 Å². The lowest BCUT2D eigenvalue weighted by molar-refractivity contribution is -0.122. The summed E-state index contributed by atoms with van der Waals surface area (Å²) in [5, 5.41) is 0. The van der Waals surface area contributed by atoms with E-state index in [0.717, 1.165) is 25.8 Å². The number of nitrogens with one attached hydrogen (secondary N) is 1.